The van der Waals surface area contributed by atoms with Crippen LogP contribution in [0.3, 0.4) is 0 Å². The van der Waals surface area contributed by atoms with Crippen LogP contribution in [0.2, 0.25) is 0 Å². The summed E-state index contributed by atoms with van der Waals surface area (Å²) in [6.45, 7) is 3.86. The number of benzene rings is 1. The molecular formula is C11H12FNO. The third kappa shape index (κ3) is 1.20. The molecule has 74 valence electrons. The van der Waals surface area contributed by atoms with Crippen LogP contribution in [0.4, 0.5) is 10.1 Å². The second-order valence-corrected chi connectivity index (χ2v) is 3.77. The quantitative estimate of drug-likeness (QED) is 0.669. The maximum absolute atomic E-state index is 13.3. The number of hydrogen-bond donors (Lipinski definition) is 0. The van der Waals surface area contributed by atoms with Gasteiger partial charge in [-0.1, -0.05) is 6.07 Å². The van der Waals surface area contributed by atoms with Gasteiger partial charge in [-0.2, -0.15) is 0 Å². The standard InChI is InChI=1S/C11H12FNO/c1-7(2)13-10-5-3-4-9(12)8(10)6-11(13)14/h3-5,7H,6H2,1-2H3. The fraction of sp³-hybridized carbons (Fsp3) is 0.364. The first-order valence-electron chi connectivity index (χ1n) is 4.70. The maximum atomic E-state index is 13.3. The Morgan fingerprint density at radius 1 is 1.43 bits per heavy atom. The molecular weight excluding hydrogens is 181 g/mol. The molecule has 0 saturated carbocycles. The van der Waals surface area contributed by atoms with Gasteiger partial charge in [0.25, 0.3) is 0 Å². The lowest BCUT2D eigenvalue weighted by molar-refractivity contribution is -0.117. The van der Waals surface area contributed by atoms with Crippen molar-refractivity contribution >= 4 is 11.6 Å². The van der Waals surface area contributed by atoms with Crippen molar-refractivity contribution in [3.8, 4) is 0 Å². The summed E-state index contributed by atoms with van der Waals surface area (Å²) in [5, 5.41) is 0. The topological polar surface area (TPSA) is 20.3 Å². The molecule has 0 radical (unpaired) electrons. The van der Waals surface area contributed by atoms with Crippen LogP contribution in [0.15, 0.2) is 18.2 Å². The minimum atomic E-state index is -0.279. The summed E-state index contributed by atoms with van der Waals surface area (Å²) in [6, 6.07) is 4.92. The Bertz CT molecular complexity index is 387. The molecule has 1 aliphatic heterocycles. The number of amides is 1. The normalized spacial score (nSPS) is 15.1. The fourth-order valence-corrected chi connectivity index (χ4v) is 1.88. The molecule has 0 aliphatic carbocycles. The van der Waals surface area contributed by atoms with Gasteiger partial charge in [-0.25, -0.2) is 4.39 Å². The molecule has 0 spiro atoms. The lowest BCUT2D eigenvalue weighted by Crippen LogP contribution is -2.33. The predicted molar refractivity (Wildman–Crippen MR) is 52.7 cm³/mol. The number of fused-ring (bicyclic) bond motifs is 1. The van der Waals surface area contributed by atoms with Crippen LogP contribution in [-0.2, 0) is 11.2 Å². The van der Waals surface area contributed by atoms with Crippen LogP contribution in [0, 0.1) is 5.82 Å². The van der Waals surface area contributed by atoms with Crippen LogP contribution in [0.5, 0.6) is 0 Å². The molecule has 1 heterocycles. The molecule has 0 saturated heterocycles. The van der Waals surface area contributed by atoms with E-state index < -0.39 is 0 Å². The van der Waals surface area contributed by atoms with Gasteiger partial charge in [0.15, 0.2) is 0 Å². The average molecular weight is 193 g/mol. The van der Waals surface area contributed by atoms with Gasteiger partial charge in [-0.05, 0) is 26.0 Å². The number of anilines is 1. The number of halogens is 1. The summed E-state index contributed by atoms with van der Waals surface area (Å²) in [4.78, 5) is 13.2. The number of carbonyl (C=O) groups excluding carboxylic acids is 1. The molecule has 0 aromatic heterocycles. The summed E-state index contributed by atoms with van der Waals surface area (Å²) >= 11 is 0. The summed E-state index contributed by atoms with van der Waals surface area (Å²) in [6.07, 6.45) is 0.195. The zero-order valence-corrected chi connectivity index (χ0v) is 8.25. The molecule has 2 rings (SSSR count). The van der Waals surface area contributed by atoms with E-state index in [2.05, 4.69) is 0 Å². The lowest BCUT2D eigenvalue weighted by atomic mass is 10.1. The van der Waals surface area contributed by atoms with E-state index in [0.717, 1.165) is 5.69 Å². The summed E-state index contributed by atoms with van der Waals surface area (Å²) in [5.41, 5.74) is 1.26. The molecule has 1 aromatic rings. The van der Waals surface area contributed by atoms with E-state index in [1.165, 1.54) is 6.07 Å². The van der Waals surface area contributed by atoms with E-state index in [0.29, 0.717) is 5.56 Å². The first kappa shape index (κ1) is 9.19. The fourth-order valence-electron chi connectivity index (χ4n) is 1.88. The second-order valence-electron chi connectivity index (χ2n) is 3.77. The van der Waals surface area contributed by atoms with Gasteiger partial charge in [0, 0.05) is 11.6 Å². The lowest BCUT2D eigenvalue weighted by Gasteiger charge is -2.21. The van der Waals surface area contributed by atoms with Crippen molar-refractivity contribution in [3.63, 3.8) is 0 Å². The maximum Gasteiger partial charge on any atom is 0.231 e. The smallest absolute Gasteiger partial charge is 0.231 e. The highest BCUT2D eigenvalue weighted by Crippen LogP contribution is 2.31. The predicted octanol–water partition coefficient (Wildman–Crippen LogP) is 2.12. The zero-order chi connectivity index (χ0) is 10.3. The molecule has 14 heavy (non-hydrogen) atoms. The van der Waals surface area contributed by atoms with E-state index >= 15 is 0 Å². The molecule has 0 unspecified atom stereocenters. The third-order valence-corrected chi connectivity index (χ3v) is 2.47. The van der Waals surface area contributed by atoms with Gasteiger partial charge in [0.2, 0.25) is 5.91 Å². The molecule has 0 atom stereocenters. The second kappa shape index (κ2) is 3.08. The highest BCUT2D eigenvalue weighted by Gasteiger charge is 2.30. The van der Waals surface area contributed by atoms with Crippen molar-refractivity contribution in [2.45, 2.75) is 26.3 Å². The van der Waals surface area contributed by atoms with Gasteiger partial charge in [-0.15, -0.1) is 0 Å². The Balaban J connectivity index is 2.53. The SMILES string of the molecule is CC(C)N1C(=O)Cc2c(F)cccc21. The Morgan fingerprint density at radius 3 is 2.79 bits per heavy atom. The van der Waals surface area contributed by atoms with Gasteiger partial charge in [0.05, 0.1) is 12.1 Å². The number of rotatable bonds is 1. The first-order chi connectivity index (χ1) is 6.61. The van der Waals surface area contributed by atoms with Crippen molar-refractivity contribution < 1.29 is 9.18 Å². The largest absolute Gasteiger partial charge is 0.309 e. The molecule has 1 amide bonds. The molecule has 1 aliphatic rings. The van der Waals surface area contributed by atoms with Gasteiger partial charge in [0.1, 0.15) is 5.82 Å². The van der Waals surface area contributed by atoms with Crippen LogP contribution < -0.4 is 4.90 Å². The molecule has 0 fully saturated rings. The van der Waals surface area contributed by atoms with Crippen molar-refractivity contribution in [1.82, 2.24) is 0 Å². The third-order valence-electron chi connectivity index (χ3n) is 2.47. The summed E-state index contributed by atoms with van der Waals surface area (Å²) in [5.74, 6) is -0.292. The summed E-state index contributed by atoms with van der Waals surface area (Å²) < 4.78 is 13.3. The van der Waals surface area contributed by atoms with Crippen LogP contribution in [-0.4, -0.2) is 11.9 Å². The number of hydrogen-bond acceptors (Lipinski definition) is 1. The van der Waals surface area contributed by atoms with E-state index in [-0.39, 0.29) is 24.2 Å². The van der Waals surface area contributed by atoms with E-state index in [1.807, 2.05) is 13.8 Å². The minimum absolute atomic E-state index is 0.0138. The van der Waals surface area contributed by atoms with E-state index in [1.54, 1.807) is 17.0 Å². The van der Waals surface area contributed by atoms with E-state index in [9.17, 15) is 9.18 Å². The molecule has 3 heteroatoms. The average Bonchev–Trinajstić information content (AvgIpc) is 2.42. The first-order valence-corrected chi connectivity index (χ1v) is 4.70. The van der Waals surface area contributed by atoms with Crippen molar-refractivity contribution in [2.75, 3.05) is 4.90 Å². The highest BCUT2D eigenvalue weighted by molar-refractivity contribution is 6.01. The zero-order valence-electron chi connectivity index (χ0n) is 8.25. The minimum Gasteiger partial charge on any atom is -0.309 e. The molecule has 1 aromatic carbocycles. The number of carbonyl (C=O) groups is 1. The van der Waals surface area contributed by atoms with Crippen molar-refractivity contribution in [3.05, 3.63) is 29.6 Å². The van der Waals surface area contributed by atoms with Gasteiger partial charge in [-0.3, -0.25) is 4.79 Å². The van der Waals surface area contributed by atoms with Gasteiger partial charge < -0.3 is 4.90 Å². The van der Waals surface area contributed by atoms with E-state index in [4.69, 9.17) is 0 Å². The molecule has 2 nitrogen and oxygen atoms in total. The van der Waals surface area contributed by atoms with Gasteiger partial charge >= 0.3 is 0 Å². The Morgan fingerprint density at radius 2 is 2.14 bits per heavy atom. The number of nitrogens with zero attached hydrogens (tertiary/aromatic N) is 1. The summed E-state index contributed by atoms with van der Waals surface area (Å²) in [7, 11) is 0. The van der Waals surface area contributed by atoms with Crippen LogP contribution in [0.1, 0.15) is 19.4 Å². The molecule has 0 N–H and O–H groups in total. The monoisotopic (exact) mass is 193 g/mol. The van der Waals surface area contributed by atoms with Crippen molar-refractivity contribution in [2.24, 2.45) is 0 Å². The van der Waals surface area contributed by atoms with Crippen molar-refractivity contribution in [1.29, 1.82) is 0 Å². The highest BCUT2D eigenvalue weighted by atomic mass is 19.1. The molecule has 0 bridgehead atoms. The Hall–Kier alpha value is -1.38. The van der Waals surface area contributed by atoms with Crippen LogP contribution in [0.25, 0.3) is 0 Å². The Labute approximate surface area is 82.3 Å². The van der Waals surface area contributed by atoms with Crippen LogP contribution >= 0.6 is 0 Å². The Kier molecular flexibility index (Phi) is 2.02.